The Balaban J connectivity index is -0.000000224. The van der Waals surface area contributed by atoms with Gasteiger partial charge >= 0.3 is 41.5 Å². The van der Waals surface area contributed by atoms with Gasteiger partial charge in [-0.1, -0.05) is 39.0 Å². The van der Waals surface area contributed by atoms with Gasteiger partial charge in [0.15, 0.2) is 0 Å². The molecule has 4 nitrogen and oxygen atoms in total. The molecule has 0 aliphatic heterocycles. The summed E-state index contributed by atoms with van der Waals surface area (Å²) in [5.41, 5.74) is 0. The van der Waals surface area contributed by atoms with E-state index >= 15 is 0 Å². The molecule has 2 N–H and O–H groups in total. The maximum Gasteiger partial charge on any atom is 1.00 e. The summed E-state index contributed by atoms with van der Waals surface area (Å²) in [6.07, 6.45) is 9.80. The van der Waals surface area contributed by atoms with E-state index in [9.17, 15) is 9.59 Å². The van der Waals surface area contributed by atoms with Gasteiger partial charge in [-0.25, -0.2) is 0 Å². The van der Waals surface area contributed by atoms with Gasteiger partial charge in [0.1, 0.15) is 6.42 Å². The predicted molar refractivity (Wildman–Crippen MR) is 63.2 cm³/mol. The molecule has 96 valence electrons. The summed E-state index contributed by atoms with van der Waals surface area (Å²) >= 11 is 0. The SMILES string of the molecule is C[CH-]CCCCCCC.O=C(O)CC(=O)O.[Na+]. The maximum atomic E-state index is 9.43. The second-order valence-corrected chi connectivity index (χ2v) is 3.58. The number of carbonyl (C=O) groups is 2. The first kappa shape index (κ1) is 22.1. The van der Waals surface area contributed by atoms with Crippen molar-refractivity contribution < 1.29 is 49.4 Å². The first-order chi connectivity index (χ1) is 7.54. The number of unbranched alkanes of at least 4 members (excludes halogenated alkanes) is 6. The van der Waals surface area contributed by atoms with Crippen LogP contribution in [0.1, 0.15) is 58.8 Å². The topological polar surface area (TPSA) is 74.6 Å². The Bertz CT molecular complexity index is 165. The first-order valence-electron chi connectivity index (χ1n) is 5.76. The van der Waals surface area contributed by atoms with Crippen LogP contribution in [0.15, 0.2) is 0 Å². The largest absolute Gasteiger partial charge is 1.00 e. The van der Waals surface area contributed by atoms with Crippen LogP contribution in [-0.4, -0.2) is 22.2 Å². The van der Waals surface area contributed by atoms with Crippen molar-refractivity contribution in [3.8, 4) is 0 Å². The molecule has 0 bridgehead atoms. The van der Waals surface area contributed by atoms with E-state index in [-0.39, 0.29) is 29.6 Å². The van der Waals surface area contributed by atoms with Crippen LogP contribution in [0.25, 0.3) is 0 Å². The van der Waals surface area contributed by atoms with Crippen LogP contribution in [0.2, 0.25) is 0 Å². The Morgan fingerprint density at radius 1 is 1.00 bits per heavy atom. The van der Waals surface area contributed by atoms with Crippen LogP contribution in [0, 0.1) is 6.42 Å². The van der Waals surface area contributed by atoms with Crippen LogP contribution in [-0.2, 0) is 9.59 Å². The molecule has 0 fully saturated rings. The molecule has 0 radical (unpaired) electrons. The molecule has 0 heterocycles. The molecular formula is C12H23NaO4. The zero-order valence-electron chi connectivity index (χ0n) is 11.2. The number of carboxylic acids is 2. The molecule has 0 unspecified atom stereocenters. The fraction of sp³-hybridized carbons (Fsp3) is 0.750. The fourth-order valence-electron chi connectivity index (χ4n) is 1.08. The summed E-state index contributed by atoms with van der Waals surface area (Å²) in [5.74, 6) is -2.62. The van der Waals surface area contributed by atoms with E-state index < -0.39 is 18.4 Å². The predicted octanol–water partition coefficient (Wildman–Crippen LogP) is 0.121. The van der Waals surface area contributed by atoms with E-state index in [1.165, 1.54) is 38.5 Å². The normalized spacial score (nSPS) is 8.59. The molecule has 0 saturated heterocycles. The van der Waals surface area contributed by atoms with E-state index in [1.807, 2.05) is 0 Å². The molecule has 0 aromatic rings. The van der Waals surface area contributed by atoms with Crippen LogP contribution < -0.4 is 29.6 Å². The smallest absolute Gasteiger partial charge is 0.481 e. The molecule has 0 atom stereocenters. The Morgan fingerprint density at radius 3 is 1.76 bits per heavy atom. The van der Waals surface area contributed by atoms with Crippen molar-refractivity contribution in [2.75, 3.05) is 0 Å². The Kier molecular flexibility index (Phi) is 23.9. The van der Waals surface area contributed by atoms with Crippen molar-refractivity contribution in [1.29, 1.82) is 0 Å². The van der Waals surface area contributed by atoms with Crippen LogP contribution >= 0.6 is 0 Å². The summed E-state index contributed by atoms with van der Waals surface area (Å²) in [5, 5.41) is 15.4. The van der Waals surface area contributed by atoms with Gasteiger partial charge in [-0.15, -0.1) is 0 Å². The van der Waals surface area contributed by atoms with Gasteiger partial charge in [0, 0.05) is 0 Å². The quantitative estimate of drug-likeness (QED) is 0.279. The average Bonchev–Trinajstić information content (AvgIpc) is 2.16. The molecule has 17 heavy (non-hydrogen) atoms. The van der Waals surface area contributed by atoms with Gasteiger partial charge in [-0.05, 0) is 0 Å². The minimum absolute atomic E-state index is 0. The molecule has 0 saturated carbocycles. The standard InChI is InChI=1S/C9H19.C3H4O4.Na/c1-3-5-7-9-8-6-4-2;4-2(5)1-3(6)7;/h3H,4-9H2,1-2H3;1H2,(H,4,5)(H,6,7);/q-1;;+1. The summed E-state index contributed by atoms with van der Waals surface area (Å²) in [6, 6.07) is 0. The van der Waals surface area contributed by atoms with Crippen molar-refractivity contribution in [2.24, 2.45) is 0 Å². The molecule has 0 aliphatic carbocycles. The summed E-state index contributed by atoms with van der Waals surface area (Å²) in [4.78, 5) is 18.9. The molecule has 5 heteroatoms. The maximum absolute atomic E-state index is 9.43. The second-order valence-electron chi connectivity index (χ2n) is 3.58. The zero-order chi connectivity index (χ0) is 12.8. The summed E-state index contributed by atoms with van der Waals surface area (Å²) in [7, 11) is 0. The third kappa shape index (κ3) is 31.4. The monoisotopic (exact) mass is 254 g/mol. The summed E-state index contributed by atoms with van der Waals surface area (Å²) < 4.78 is 0. The molecule has 0 spiro atoms. The van der Waals surface area contributed by atoms with Gasteiger partial charge in [0.25, 0.3) is 0 Å². The summed E-state index contributed by atoms with van der Waals surface area (Å²) in [6.45, 7) is 4.39. The Labute approximate surface area is 126 Å². The van der Waals surface area contributed by atoms with Gasteiger partial charge in [-0.3, -0.25) is 9.59 Å². The van der Waals surface area contributed by atoms with Crippen molar-refractivity contribution in [2.45, 2.75) is 58.8 Å². The number of hydrogen-bond donors (Lipinski definition) is 2. The molecule has 0 rings (SSSR count). The fourth-order valence-corrected chi connectivity index (χ4v) is 1.08. The number of aliphatic carboxylic acids is 2. The van der Waals surface area contributed by atoms with Crippen LogP contribution in [0.3, 0.4) is 0 Å². The van der Waals surface area contributed by atoms with Crippen molar-refractivity contribution >= 4 is 11.9 Å². The van der Waals surface area contributed by atoms with E-state index in [2.05, 4.69) is 20.3 Å². The van der Waals surface area contributed by atoms with Crippen LogP contribution in [0.5, 0.6) is 0 Å². The van der Waals surface area contributed by atoms with Gasteiger partial charge < -0.3 is 16.6 Å². The van der Waals surface area contributed by atoms with Crippen LogP contribution in [0.4, 0.5) is 0 Å². The third-order valence-corrected chi connectivity index (χ3v) is 1.90. The van der Waals surface area contributed by atoms with Crippen molar-refractivity contribution in [1.82, 2.24) is 0 Å². The van der Waals surface area contributed by atoms with E-state index in [1.54, 1.807) is 0 Å². The molecule has 0 aromatic heterocycles. The zero-order valence-corrected chi connectivity index (χ0v) is 13.2. The van der Waals surface area contributed by atoms with E-state index in [4.69, 9.17) is 10.2 Å². The first-order valence-corrected chi connectivity index (χ1v) is 5.76. The number of carboxylic acid groups (broad SMARTS) is 2. The minimum Gasteiger partial charge on any atom is -0.481 e. The number of rotatable bonds is 8. The molecule has 0 aliphatic rings. The van der Waals surface area contributed by atoms with Gasteiger partial charge in [0.2, 0.25) is 0 Å². The Morgan fingerprint density at radius 2 is 1.47 bits per heavy atom. The minimum atomic E-state index is -1.31. The average molecular weight is 254 g/mol. The van der Waals surface area contributed by atoms with Gasteiger partial charge in [-0.2, -0.15) is 13.3 Å². The second kappa shape index (κ2) is 18.3. The van der Waals surface area contributed by atoms with Gasteiger partial charge in [0.05, 0.1) is 0 Å². The third-order valence-electron chi connectivity index (χ3n) is 1.90. The number of hydrogen-bond acceptors (Lipinski definition) is 2. The van der Waals surface area contributed by atoms with E-state index in [0.717, 1.165) is 0 Å². The Hall–Kier alpha value is -0.0600. The molecule has 0 aromatic carbocycles. The molecule has 0 amide bonds. The van der Waals surface area contributed by atoms with Crippen molar-refractivity contribution in [3.63, 3.8) is 0 Å². The molecular weight excluding hydrogens is 231 g/mol. The van der Waals surface area contributed by atoms with Crippen molar-refractivity contribution in [3.05, 3.63) is 6.42 Å². The van der Waals surface area contributed by atoms with E-state index in [0.29, 0.717) is 0 Å².